The molecule has 3 aliphatic rings. The van der Waals surface area contributed by atoms with E-state index in [1.165, 1.54) is 25.3 Å². The van der Waals surface area contributed by atoms with Crippen LogP contribution in [0.3, 0.4) is 0 Å². The lowest BCUT2D eigenvalue weighted by atomic mass is 9.72. The first-order valence-electron chi connectivity index (χ1n) is 15.8. The minimum absolute atomic E-state index is 0.0540. The quantitative estimate of drug-likeness (QED) is 0.0583. The Morgan fingerprint density at radius 2 is 1.84 bits per heavy atom. The monoisotopic (exact) mass is 683 g/mol. The van der Waals surface area contributed by atoms with Gasteiger partial charge in [0.25, 0.3) is 0 Å². The Morgan fingerprint density at radius 3 is 2.49 bits per heavy atom. The summed E-state index contributed by atoms with van der Waals surface area (Å²) in [6.45, 7) is 2.97. The molecule has 0 saturated carbocycles. The summed E-state index contributed by atoms with van der Waals surface area (Å²) in [6, 6.07) is 2.52. The maximum atomic E-state index is 13.8. The number of carbonyl (C=O) groups is 4. The zero-order valence-electron chi connectivity index (χ0n) is 27.3. The van der Waals surface area contributed by atoms with Crippen molar-refractivity contribution in [3.8, 4) is 17.2 Å². The highest BCUT2D eigenvalue weighted by Crippen LogP contribution is 2.52. The number of carbonyl (C=O) groups excluding carboxylic acids is 4. The number of rotatable bonds is 10. The molecule has 1 aliphatic heterocycles. The van der Waals surface area contributed by atoms with Crippen LogP contribution >= 0.6 is 0 Å². The van der Waals surface area contributed by atoms with Gasteiger partial charge in [0.2, 0.25) is 11.7 Å². The van der Waals surface area contributed by atoms with Crippen LogP contribution in [0.15, 0.2) is 23.2 Å². The zero-order valence-corrected chi connectivity index (χ0v) is 27.3. The highest BCUT2D eigenvalue weighted by atomic mass is 16.7. The van der Waals surface area contributed by atoms with E-state index in [1.807, 2.05) is 0 Å². The number of phenols is 2. The molecule has 2 aromatic carbocycles. The lowest BCUT2D eigenvalue weighted by Gasteiger charge is -2.43. The summed E-state index contributed by atoms with van der Waals surface area (Å²) in [7, 11) is 1.32. The number of guanidine groups is 1. The van der Waals surface area contributed by atoms with Crippen molar-refractivity contribution >= 4 is 29.2 Å². The second kappa shape index (κ2) is 13.7. The van der Waals surface area contributed by atoms with Gasteiger partial charge in [-0.3, -0.25) is 24.2 Å². The molecular weight excluding hydrogens is 642 g/mol. The first kappa shape index (κ1) is 35.7. The first-order valence-corrected chi connectivity index (χ1v) is 15.8. The van der Waals surface area contributed by atoms with Crippen molar-refractivity contribution in [1.82, 2.24) is 5.32 Å². The van der Waals surface area contributed by atoms with E-state index < -0.39 is 101 Å². The number of benzene rings is 2. The molecule has 264 valence electrons. The van der Waals surface area contributed by atoms with Crippen molar-refractivity contribution in [3.63, 3.8) is 0 Å². The number of nitrogens with zero attached hydrogens (tertiary/aromatic N) is 1. The van der Waals surface area contributed by atoms with Gasteiger partial charge in [-0.2, -0.15) is 0 Å². The predicted octanol–water partition coefficient (Wildman–Crippen LogP) is -0.433. The van der Waals surface area contributed by atoms with Crippen LogP contribution in [0.5, 0.6) is 17.2 Å². The van der Waals surface area contributed by atoms with E-state index in [-0.39, 0.29) is 53.3 Å². The smallest absolute Gasteiger partial charge is 0.237 e. The summed E-state index contributed by atoms with van der Waals surface area (Å²) in [5.74, 6) is -4.13. The summed E-state index contributed by atoms with van der Waals surface area (Å²) in [6.07, 6.45) is -4.96. The zero-order chi connectivity index (χ0) is 35.9. The number of phenolic OH excluding ortho intramolecular Hbond substituents is 2. The van der Waals surface area contributed by atoms with Gasteiger partial charge in [-0.25, -0.2) is 0 Å². The first-order chi connectivity index (χ1) is 23.1. The van der Waals surface area contributed by atoms with Crippen molar-refractivity contribution in [2.45, 2.75) is 88.2 Å². The van der Waals surface area contributed by atoms with Crippen LogP contribution in [0.2, 0.25) is 0 Å². The molecule has 5 rings (SSSR count). The van der Waals surface area contributed by atoms with Crippen LogP contribution in [-0.4, -0.2) is 99.5 Å². The molecule has 7 atom stereocenters. The largest absolute Gasteiger partial charge is 0.507 e. The number of aliphatic hydroxyl groups excluding tert-OH is 1. The van der Waals surface area contributed by atoms with Gasteiger partial charge in [-0.05, 0) is 32.8 Å². The fourth-order valence-corrected chi connectivity index (χ4v) is 6.71. The minimum atomic E-state index is -2.10. The summed E-state index contributed by atoms with van der Waals surface area (Å²) >= 11 is 0. The molecule has 16 nitrogen and oxygen atoms in total. The molecule has 1 fully saturated rings. The summed E-state index contributed by atoms with van der Waals surface area (Å²) < 4.78 is 17.4. The molecule has 0 bridgehead atoms. The second-order valence-electron chi connectivity index (χ2n) is 12.6. The van der Waals surface area contributed by atoms with Crippen molar-refractivity contribution in [3.05, 3.63) is 51.6 Å². The number of ether oxygens (including phenoxy) is 3. The average molecular weight is 684 g/mol. The van der Waals surface area contributed by atoms with E-state index in [9.17, 15) is 39.6 Å². The molecule has 49 heavy (non-hydrogen) atoms. The van der Waals surface area contributed by atoms with Gasteiger partial charge < -0.3 is 57.2 Å². The molecule has 1 saturated heterocycles. The Bertz CT molecular complexity index is 1730. The van der Waals surface area contributed by atoms with Crippen LogP contribution in [0.25, 0.3) is 0 Å². The number of Topliss-reactive ketones (excluding diaryl/α,β-unsaturated/α-hetero) is 1. The van der Waals surface area contributed by atoms with Gasteiger partial charge in [0.15, 0.2) is 23.8 Å². The lowest BCUT2D eigenvalue weighted by molar-refractivity contribution is -0.249. The van der Waals surface area contributed by atoms with E-state index in [0.717, 1.165) is 6.92 Å². The maximum Gasteiger partial charge on any atom is 0.237 e. The second-order valence-corrected chi connectivity index (χ2v) is 12.6. The Labute approximate surface area is 281 Å². The molecule has 1 amide bonds. The van der Waals surface area contributed by atoms with E-state index in [1.54, 1.807) is 6.92 Å². The number of ketones is 3. The Morgan fingerprint density at radius 1 is 1.14 bits per heavy atom. The van der Waals surface area contributed by atoms with E-state index in [2.05, 4.69) is 10.3 Å². The maximum absolute atomic E-state index is 13.8. The van der Waals surface area contributed by atoms with Crippen molar-refractivity contribution in [1.29, 1.82) is 0 Å². The molecule has 1 heterocycles. The highest BCUT2D eigenvalue weighted by molar-refractivity contribution is 6.31. The van der Waals surface area contributed by atoms with Gasteiger partial charge in [0, 0.05) is 42.5 Å². The third kappa shape index (κ3) is 6.57. The highest BCUT2D eigenvalue weighted by Gasteiger charge is 2.49. The van der Waals surface area contributed by atoms with Crippen molar-refractivity contribution < 1.29 is 53.8 Å². The Hall–Kier alpha value is -4.61. The Balaban J connectivity index is 1.47. The van der Waals surface area contributed by atoms with Crippen LogP contribution in [0, 0.1) is 0 Å². The minimum Gasteiger partial charge on any atom is -0.507 e. The topological polar surface area (TPSA) is 279 Å². The van der Waals surface area contributed by atoms with Crippen LogP contribution < -0.4 is 27.3 Å². The molecule has 2 aliphatic carbocycles. The predicted molar refractivity (Wildman–Crippen MR) is 172 cm³/mol. The van der Waals surface area contributed by atoms with Gasteiger partial charge in [0.05, 0.1) is 48.1 Å². The standard InChI is InChI=1S/C33H41N5O11/c1-13-26(40)18(38-31(45)17(34)7-5-9-37-32(35)36)10-21(48-13)49-20-12-33(46,14(2)39)11-16-23(20)30(44)25-24(28(16)42)27(41)15-6-4-8-19(47-3)22(15)29(25)43/h4,6,8,13,17-18,20-21,26,40,42,44,46H,5,7,9-12,34H2,1-3H3,(H,38,45)(H4,35,36,37)/t13?,17-,18?,20-,21?,26?,33-/m0/s1. The molecule has 0 aromatic heterocycles. The van der Waals surface area contributed by atoms with Crippen LogP contribution in [0.4, 0.5) is 0 Å². The number of methoxy groups -OCH3 is 1. The van der Waals surface area contributed by atoms with Gasteiger partial charge in [-0.1, -0.05) is 12.1 Å². The normalized spacial score (nSPS) is 26.5. The number of nitrogens with two attached hydrogens (primary N) is 3. The fourth-order valence-electron chi connectivity index (χ4n) is 6.71. The third-order valence-electron chi connectivity index (χ3n) is 9.39. The van der Waals surface area contributed by atoms with Crippen LogP contribution in [0.1, 0.15) is 88.6 Å². The summed E-state index contributed by atoms with van der Waals surface area (Å²) in [5, 5.41) is 48.2. The summed E-state index contributed by atoms with van der Waals surface area (Å²) in [5.41, 5.74) is 13.2. The number of hydrogen-bond donors (Lipinski definition) is 8. The summed E-state index contributed by atoms with van der Waals surface area (Å²) in [4.78, 5) is 57.0. The lowest BCUT2D eigenvalue weighted by Crippen LogP contribution is -2.58. The molecule has 11 N–H and O–H groups in total. The average Bonchev–Trinajstić information content (AvgIpc) is 3.04. The van der Waals surface area contributed by atoms with Gasteiger partial charge in [0.1, 0.15) is 29.0 Å². The molecule has 16 heteroatoms. The Kier molecular flexibility index (Phi) is 9.99. The van der Waals surface area contributed by atoms with Crippen molar-refractivity contribution in [2.24, 2.45) is 22.2 Å². The van der Waals surface area contributed by atoms with E-state index in [0.29, 0.717) is 6.42 Å². The molecule has 2 aromatic rings. The number of hydrogen-bond acceptors (Lipinski definition) is 13. The number of fused-ring (bicyclic) bond motifs is 3. The fraction of sp³-hybridized carbons (Fsp3) is 0.485. The molecule has 4 unspecified atom stereocenters. The van der Waals surface area contributed by atoms with E-state index >= 15 is 0 Å². The molecule has 0 spiro atoms. The number of nitrogens with one attached hydrogen (secondary N) is 1. The number of aliphatic imine (C=N–C) groups is 1. The third-order valence-corrected chi connectivity index (χ3v) is 9.39. The molecule has 0 radical (unpaired) electrons. The number of aromatic hydroxyl groups is 2. The SMILES string of the molecule is COc1cccc2c1C(=O)c1c(O)c3c(c(O)c1C2=O)C[C@@](O)(C(C)=O)C[C@@H]3OC1CC(NC(=O)[C@@H](N)CCCN=C(N)N)C(O)C(C)O1. The van der Waals surface area contributed by atoms with E-state index in [4.69, 9.17) is 31.4 Å². The molecular formula is C33H41N5O11. The van der Waals surface area contributed by atoms with Gasteiger partial charge >= 0.3 is 0 Å². The number of aliphatic hydroxyl groups is 2. The number of amides is 1. The van der Waals surface area contributed by atoms with Crippen molar-refractivity contribution in [2.75, 3.05) is 13.7 Å². The van der Waals surface area contributed by atoms with Gasteiger partial charge in [-0.15, -0.1) is 0 Å². The van der Waals surface area contributed by atoms with Crippen LogP contribution in [-0.2, 0) is 25.5 Å².